The molecule has 21 heavy (non-hydrogen) atoms. The fraction of sp³-hybridized carbons (Fsp3) is 0.188. The van der Waals surface area contributed by atoms with Crippen molar-refractivity contribution >= 4 is 11.6 Å². The Hall–Kier alpha value is -2.56. The molecule has 110 valence electrons. The maximum Gasteiger partial charge on any atom is 0.224 e. The molecule has 0 aliphatic heterocycles. The predicted molar refractivity (Wildman–Crippen MR) is 79.4 cm³/mol. The molecule has 0 aromatic heterocycles. The number of rotatable bonds is 5. The molecule has 2 rings (SSSR count). The summed E-state index contributed by atoms with van der Waals surface area (Å²) in [5.41, 5.74) is 7.54. The van der Waals surface area contributed by atoms with Crippen molar-refractivity contribution < 1.29 is 13.9 Å². The van der Waals surface area contributed by atoms with E-state index in [0.29, 0.717) is 23.5 Å². The van der Waals surface area contributed by atoms with E-state index in [1.165, 1.54) is 6.07 Å². The maximum absolute atomic E-state index is 13.4. The highest BCUT2D eigenvalue weighted by atomic mass is 19.1. The highest BCUT2D eigenvalue weighted by Gasteiger charge is 2.08. The third-order valence-electron chi connectivity index (χ3n) is 3.09. The first-order valence-electron chi connectivity index (χ1n) is 6.52. The highest BCUT2D eigenvalue weighted by Crippen LogP contribution is 2.21. The molecular formula is C16H17FN2O2. The number of benzene rings is 2. The third kappa shape index (κ3) is 3.95. The fourth-order valence-electron chi connectivity index (χ4n) is 1.97. The normalized spacial score (nSPS) is 10.2. The van der Waals surface area contributed by atoms with Crippen molar-refractivity contribution in [2.24, 2.45) is 0 Å². The second-order valence-corrected chi connectivity index (χ2v) is 4.62. The minimum Gasteiger partial charge on any atom is -0.495 e. The second kappa shape index (κ2) is 6.74. The molecule has 0 atom stereocenters. The van der Waals surface area contributed by atoms with E-state index in [2.05, 4.69) is 5.32 Å². The van der Waals surface area contributed by atoms with E-state index in [1.54, 1.807) is 37.4 Å². The first kappa shape index (κ1) is 14.8. The van der Waals surface area contributed by atoms with Crippen molar-refractivity contribution in [1.29, 1.82) is 0 Å². The van der Waals surface area contributed by atoms with Crippen LogP contribution in [0.3, 0.4) is 0 Å². The molecule has 0 unspecified atom stereocenters. The summed E-state index contributed by atoms with van der Waals surface area (Å²) < 4.78 is 18.5. The quantitative estimate of drug-likeness (QED) is 0.830. The van der Waals surface area contributed by atoms with E-state index in [0.717, 1.165) is 5.56 Å². The molecule has 0 fully saturated rings. The summed E-state index contributed by atoms with van der Waals surface area (Å²) in [6.07, 6.45) is 0.0122. The van der Waals surface area contributed by atoms with Gasteiger partial charge in [-0.25, -0.2) is 4.39 Å². The molecule has 0 heterocycles. The van der Waals surface area contributed by atoms with Gasteiger partial charge in [0.05, 0.1) is 19.2 Å². The maximum atomic E-state index is 13.4. The lowest BCUT2D eigenvalue weighted by Gasteiger charge is -2.09. The van der Waals surface area contributed by atoms with E-state index in [-0.39, 0.29) is 18.1 Å². The average Bonchev–Trinajstić information content (AvgIpc) is 2.48. The Kier molecular flexibility index (Phi) is 4.77. The molecule has 0 saturated heterocycles. The number of nitrogen functional groups attached to an aromatic ring is 1. The summed E-state index contributed by atoms with van der Waals surface area (Å²) in [4.78, 5) is 11.8. The summed E-state index contributed by atoms with van der Waals surface area (Å²) in [6.45, 7) is 0.335. The number of ether oxygens (including phenoxy) is 1. The van der Waals surface area contributed by atoms with Crippen molar-refractivity contribution in [2.75, 3.05) is 12.8 Å². The second-order valence-electron chi connectivity index (χ2n) is 4.62. The van der Waals surface area contributed by atoms with Gasteiger partial charge in [0, 0.05) is 6.54 Å². The molecule has 0 bridgehead atoms. The van der Waals surface area contributed by atoms with Crippen molar-refractivity contribution in [3.63, 3.8) is 0 Å². The van der Waals surface area contributed by atoms with E-state index in [4.69, 9.17) is 10.5 Å². The van der Waals surface area contributed by atoms with Gasteiger partial charge in [0.25, 0.3) is 0 Å². The van der Waals surface area contributed by atoms with Crippen LogP contribution in [-0.4, -0.2) is 13.0 Å². The minimum absolute atomic E-state index is 0.0122. The number of halogens is 1. The van der Waals surface area contributed by atoms with Crippen LogP contribution in [0.4, 0.5) is 10.1 Å². The van der Waals surface area contributed by atoms with E-state index >= 15 is 0 Å². The average molecular weight is 288 g/mol. The Morgan fingerprint density at radius 1 is 1.29 bits per heavy atom. The van der Waals surface area contributed by atoms with E-state index in [9.17, 15) is 9.18 Å². The molecule has 0 spiro atoms. The monoisotopic (exact) mass is 288 g/mol. The number of nitrogens with two attached hydrogens (primary N) is 1. The molecule has 2 aromatic carbocycles. The summed E-state index contributed by atoms with van der Waals surface area (Å²) in [7, 11) is 1.54. The molecule has 0 aliphatic rings. The number of hydrogen-bond donors (Lipinski definition) is 2. The lowest BCUT2D eigenvalue weighted by atomic mass is 10.1. The predicted octanol–water partition coefficient (Wildman–Crippen LogP) is 2.28. The zero-order valence-corrected chi connectivity index (χ0v) is 11.7. The van der Waals surface area contributed by atoms with Crippen LogP contribution in [0.25, 0.3) is 0 Å². The van der Waals surface area contributed by atoms with Crippen LogP contribution in [-0.2, 0) is 17.8 Å². The number of methoxy groups -OCH3 is 1. The largest absolute Gasteiger partial charge is 0.495 e. The molecule has 2 aromatic rings. The number of anilines is 1. The number of carbonyl (C=O) groups excluding carboxylic acids is 1. The molecule has 4 nitrogen and oxygen atoms in total. The number of hydrogen-bond acceptors (Lipinski definition) is 3. The van der Waals surface area contributed by atoms with Gasteiger partial charge in [-0.2, -0.15) is 0 Å². The molecule has 1 amide bonds. The summed E-state index contributed by atoms with van der Waals surface area (Å²) in [6, 6.07) is 11.5. The van der Waals surface area contributed by atoms with Crippen LogP contribution >= 0.6 is 0 Å². The van der Waals surface area contributed by atoms with Crippen molar-refractivity contribution in [2.45, 2.75) is 13.0 Å². The van der Waals surface area contributed by atoms with Crippen LogP contribution in [0, 0.1) is 5.82 Å². The van der Waals surface area contributed by atoms with Crippen molar-refractivity contribution in [1.82, 2.24) is 5.32 Å². The fourth-order valence-corrected chi connectivity index (χ4v) is 1.97. The molecule has 3 N–H and O–H groups in total. The zero-order valence-electron chi connectivity index (χ0n) is 11.7. The Bertz CT molecular complexity index is 644. The van der Waals surface area contributed by atoms with Gasteiger partial charge < -0.3 is 15.8 Å². The first-order chi connectivity index (χ1) is 10.1. The van der Waals surface area contributed by atoms with Crippen molar-refractivity contribution in [3.8, 4) is 5.75 Å². The zero-order chi connectivity index (χ0) is 15.2. The highest BCUT2D eigenvalue weighted by molar-refractivity contribution is 5.78. The smallest absolute Gasteiger partial charge is 0.224 e. The lowest BCUT2D eigenvalue weighted by Crippen LogP contribution is -2.25. The van der Waals surface area contributed by atoms with E-state index in [1.807, 2.05) is 6.07 Å². The van der Waals surface area contributed by atoms with Crippen LogP contribution in [0.1, 0.15) is 11.1 Å². The van der Waals surface area contributed by atoms with Crippen molar-refractivity contribution in [3.05, 3.63) is 59.4 Å². The van der Waals surface area contributed by atoms with Gasteiger partial charge in [0.15, 0.2) is 0 Å². The Morgan fingerprint density at radius 2 is 2.05 bits per heavy atom. The van der Waals surface area contributed by atoms with E-state index < -0.39 is 0 Å². The van der Waals surface area contributed by atoms with Gasteiger partial charge in [0.2, 0.25) is 5.91 Å². The first-order valence-corrected chi connectivity index (χ1v) is 6.52. The Morgan fingerprint density at radius 3 is 2.71 bits per heavy atom. The van der Waals surface area contributed by atoms with Crippen LogP contribution in [0.15, 0.2) is 42.5 Å². The van der Waals surface area contributed by atoms with Crippen LogP contribution in [0.2, 0.25) is 0 Å². The number of nitrogens with one attached hydrogen (secondary N) is 1. The Labute approximate surface area is 122 Å². The van der Waals surface area contributed by atoms with Gasteiger partial charge in [-0.05, 0) is 29.3 Å². The van der Waals surface area contributed by atoms with Gasteiger partial charge in [-0.15, -0.1) is 0 Å². The molecule has 0 radical (unpaired) electrons. The summed E-state index contributed by atoms with van der Waals surface area (Å²) in [5.74, 6) is -0.0211. The van der Waals surface area contributed by atoms with Gasteiger partial charge >= 0.3 is 0 Å². The van der Waals surface area contributed by atoms with Gasteiger partial charge in [-0.3, -0.25) is 4.79 Å². The topological polar surface area (TPSA) is 64.3 Å². The number of amides is 1. The minimum atomic E-state index is -0.374. The Balaban J connectivity index is 1.92. The summed E-state index contributed by atoms with van der Waals surface area (Å²) >= 11 is 0. The van der Waals surface area contributed by atoms with Gasteiger partial charge in [0.1, 0.15) is 11.6 Å². The lowest BCUT2D eigenvalue weighted by molar-refractivity contribution is -0.120. The van der Waals surface area contributed by atoms with Crippen LogP contribution < -0.4 is 15.8 Å². The third-order valence-corrected chi connectivity index (χ3v) is 3.09. The number of carbonyl (C=O) groups is 1. The molecule has 0 saturated carbocycles. The van der Waals surface area contributed by atoms with Crippen LogP contribution in [0.5, 0.6) is 5.75 Å². The van der Waals surface area contributed by atoms with Gasteiger partial charge in [-0.1, -0.05) is 24.3 Å². The standard InChI is InChI=1S/C16H17FN2O2/c1-21-15-7-6-11(8-14(15)18)10-19-16(20)9-12-4-2-3-5-13(12)17/h2-8H,9-10,18H2,1H3,(H,19,20). The molecule has 5 heteroatoms. The summed E-state index contributed by atoms with van der Waals surface area (Å²) in [5, 5.41) is 2.74. The molecular weight excluding hydrogens is 271 g/mol. The SMILES string of the molecule is COc1ccc(CNC(=O)Cc2ccccc2F)cc1N. The molecule has 0 aliphatic carbocycles.